The summed E-state index contributed by atoms with van der Waals surface area (Å²) in [6.45, 7) is 0. The summed E-state index contributed by atoms with van der Waals surface area (Å²) in [6.07, 6.45) is 4.80. The average Bonchev–Trinajstić information content (AvgIpc) is 2.88. The van der Waals surface area contributed by atoms with Crippen molar-refractivity contribution in [3.05, 3.63) is 30.2 Å². The Kier molecular flexibility index (Phi) is 1.55. The number of aromatic nitrogens is 1. The zero-order chi connectivity index (χ0) is 10.3. The molecule has 0 radical (unpaired) electrons. The molecular formula is C11H8N2O2. The molecule has 1 aliphatic carbocycles. The molecule has 2 aromatic rings. The van der Waals surface area contributed by atoms with Gasteiger partial charge in [-0.25, -0.2) is 9.78 Å². The second kappa shape index (κ2) is 2.78. The van der Waals surface area contributed by atoms with Crippen LogP contribution in [0.1, 0.15) is 18.4 Å². The second-order valence-electron chi connectivity index (χ2n) is 3.74. The molecule has 1 heterocycles. The van der Waals surface area contributed by atoms with Gasteiger partial charge < -0.3 is 4.42 Å². The summed E-state index contributed by atoms with van der Waals surface area (Å²) >= 11 is 0. The van der Waals surface area contributed by atoms with E-state index in [0.717, 1.165) is 29.5 Å². The van der Waals surface area contributed by atoms with Crippen LogP contribution in [0.4, 0.5) is 0 Å². The Bertz CT molecular complexity index is 563. The van der Waals surface area contributed by atoms with Crippen LogP contribution in [0, 0.1) is 0 Å². The van der Waals surface area contributed by atoms with Gasteiger partial charge in [-0.05, 0) is 18.9 Å². The Hall–Kier alpha value is -1.93. The zero-order valence-corrected chi connectivity index (χ0v) is 7.93. The van der Waals surface area contributed by atoms with Gasteiger partial charge in [0.25, 0.3) is 0 Å². The number of rotatable bonds is 2. The second-order valence-corrected chi connectivity index (χ2v) is 3.74. The van der Waals surface area contributed by atoms with Crippen LogP contribution in [0.5, 0.6) is 0 Å². The van der Waals surface area contributed by atoms with Crippen LogP contribution >= 0.6 is 0 Å². The monoisotopic (exact) mass is 200 g/mol. The molecule has 15 heavy (non-hydrogen) atoms. The zero-order valence-electron chi connectivity index (χ0n) is 7.93. The van der Waals surface area contributed by atoms with Gasteiger partial charge in [0.05, 0.1) is 0 Å². The third-order valence-electron chi connectivity index (χ3n) is 2.84. The lowest BCUT2D eigenvalue weighted by Crippen LogP contribution is -2.02. The fourth-order valence-electron chi connectivity index (χ4n) is 1.90. The Balaban J connectivity index is 2.26. The van der Waals surface area contributed by atoms with E-state index in [4.69, 9.17) is 4.42 Å². The molecule has 0 unspecified atom stereocenters. The predicted octanol–water partition coefficient (Wildman–Crippen LogP) is 2.15. The number of fused-ring (bicyclic) bond motifs is 1. The molecule has 1 fully saturated rings. The molecule has 74 valence electrons. The van der Waals surface area contributed by atoms with Crippen LogP contribution in [0.2, 0.25) is 0 Å². The van der Waals surface area contributed by atoms with Gasteiger partial charge in [0, 0.05) is 5.56 Å². The number of nitrogens with zero attached hydrogens (tertiary/aromatic N) is 2. The van der Waals surface area contributed by atoms with Crippen LogP contribution in [-0.4, -0.2) is 11.1 Å². The molecule has 0 bridgehead atoms. The number of carbonyl (C=O) groups excluding carboxylic acids is 1. The van der Waals surface area contributed by atoms with Crippen LogP contribution in [0.3, 0.4) is 0 Å². The Morgan fingerprint density at radius 2 is 2.33 bits per heavy atom. The van der Waals surface area contributed by atoms with Crippen molar-refractivity contribution in [2.75, 3.05) is 0 Å². The van der Waals surface area contributed by atoms with E-state index >= 15 is 0 Å². The molecule has 0 saturated heterocycles. The number of hydrogen-bond acceptors (Lipinski definition) is 4. The third kappa shape index (κ3) is 1.12. The Morgan fingerprint density at radius 3 is 3.07 bits per heavy atom. The number of hydrogen-bond donors (Lipinski definition) is 0. The van der Waals surface area contributed by atoms with Crippen molar-refractivity contribution < 1.29 is 9.21 Å². The maximum atomic E-state index is 10.4. The average molecular weight is 200 g/mol. The van der Waals surface area contributed by atoms with Gasteiger partial charge in [-0.1, -0.05) is 12.1 Å². The van der Waals surface area contributed by atoms with Crippen LogP contribution in [-0.2, 0) is 10.3 Å². The number of oxazole rings is 1. The minimum atomic E-state index is -0.388. The molecule has 1 aliphatic rings. The molecule has 1 aromatic heterocycles. The summed E-state index contributed by atoms with van der Waals surface area (Å²) in [5.41, 5.74) is 2.09. The maximum Gasteiger partial charge on any atom is 0.235 e. The Morgan fingerprint density at radius 1 is 1.47 bits per heavy atom. The normalized spacial score (nSPS) is 17.3. The van der Waals surface area contributed by atoms with E-state index in [1.54, 1.807) is 6.08 Å². The maximum absolute atomic E-state index is 10.4. The van der Waals surface area contributed by atoms with Crippen molar-refractivity contribution in [2.24, 2.45) is 4.99 Å². The van der Waals surface area contributed by atoms with Crippen LogP contribution in [0.15, 0.2) is 34.0 Å². The molecule has 0 atom stereocenters. The van der Waals surface area contributed by atoms with Gasteiger partial charge in [-0.2, -0.15) is 4.99 Å². The van der Waals surface area contributed by atoms with Crippen molar-refractivity contribution in [2.45, 2.75) is 18.4 Å². The SMILES string of the molecule is O=C=NC1(c2cccc3ncoc23)CC1. The standard InChI is InChI=1S/C11H8N2O2/c14-6-13-11(4-5-11)8-2-1-3-9-10(8)15-7-12-9/h1-3,7H,4-5H2. The summed E-state index contributed by atoms with van der Waals surface area (Å²) in [5, 5.41) is 0. The van der Waals surface area contributed by atoms with Gasteiger partial charge in [0.2, 0.25) is 6.08 Å². The molecule has 0 amide bonds. The largest absolute Gasteiger partial charge is 0.443 e. The molecule has 1 saturated carbocycles. The lowest BCUT2D eigenvalue weighted by atomic mass is 10.0. The number of para-hydroxylation sites is 1. The first-order valence-corrected chi connectivity index (χ1v) is 4.77. The van der Waals surface area contributed by atoms with E-state index in [0.29, 0.717) is 0 Å². The fourth-order valence-corrected chi connectivity index (χ4v) is 1.90. The third-order valence-corrected chi connectivity index (χ3v) is 2.84. The van der Waals surface area contributed by atoms with Crippen molar-refractivity contribution in [3.63, 3.8) is 0 Å². The smallest absolute Gasteiger partial charge is 0.235 e. The molecule has 4 heteroatoms. The van der Waals surface area contributed by atoms with Gasteiger partial charge >= 0.3 is 0 Å². The van der Waals surface area contributed by atoms with Crippen molar-refractivity contribution in [3.8, 4) is 0 Å². The van der Waals surface area contributed by atoms with Crippen LogP contribution < -0.4 is 0 Å². The van der Waals surface area contributed by atoms with E-state index in [1.165, 1.54) is 6.39 Å². The van der Waals surface area contributed by atoms with Crippen LogP contribution in [0.25, 0.3) is 11.1 Å². The van der Waals surface area contributed by atoms with E-state index in [-0.39, 0.29) is 5.54 Å². The minimum absolute atomic E-state index is 0.388. The lowest BCUT2D eigenvalue weighted by Gasteiger charge is -2.07. The molecule has 4 nitrogen and oxygen atoms in total. The lowest BCUT2D eigenvalue weighted by molar-refractivity contribution is 0.554. The predicted molar refractivity (Wildman–Crippen MR) is 53.0 cm³/mol. The molecule has 1 aromatic carbocycles. The molecule has 0 spiro atoms. The number of benzene rings is 1. The highest BCUT2D eigenvalue weighted by Gasteiger charge is 2.46. The number of isocyanates is 1. The minimum Gasteiger partial charge on any atom is -0.443 e. The molecular weight excluding hydrogens is 192 g/mol. The van der Waals surface area contributed by atoms with Gasteiger partial charge in [-0.15, -0.1) is 0 Å². The fraction of sp³-hybridized carbons (Fsp3) is 0.273. The highest BCUT2D eigenvalue weighted by Crippen LogP contribution is 2.51. The first-order valence-electron chi connectivity index (χ1n) is 4.77. The van der Waals surface area contributed by atoms with Crippen molar-refractivity contribution in [1.82, 2.24) is 4.98 Å². The molecule has 0 N–H and O–H groups in total. The highest BCUT2D eigenvalue weighted by atomic mass is 16.3. The Labute approximate surface area is 85.6 Å². The summed E-state index contributed by atoms with van der Waals surface area (Å²) in [5.74, 6) is 0. The first-order chi connectivity index (χ1) is 7.36. The van der Waals surface area contributed by atoms with E-state index in [9.17, 15) is 4.79 Å². The van der Waals surface area contributed by atoms with Crippen molar-refractivity contribution in [1.29, 1.82) is 0 Å². The molecule has 0 aliphatic heterocycles. The molecule has 3 rings (SSSR count). The van der Waals surface area contributed by atoms with E-state index < -0.39 is 0 Å². The first kappa shape index (κ1) is 8.38. The summed E-state index contributed by atoms with van der Waals surface area (Å²) in [4.78, 5) is 18.3. The van der Waals surface area contributed by atoms with Gasteiger partial charge in [0.1, 0.15) is 11.1 Å². The summed E-state index contributed by atoms with van der Waals surface area (Å²) < 4.78 is 5.32. The van der Waals surface area contributed by atoms with E-state index in [2.05, 4.69) is 9.98 Å². The number of aliphatic imine (C=N–C) groups is 1. The summed E-state index contributed by atoms with van der Waals surface area (Å²) in [7, 11) is 0. The quantitative estimate of drug-likeness (QED) is 0.551. The van der Waals surface area contributed by atoms with Crippen molar-refractivity contribution >= 4 is 17.2 Å². The topological polar surface area (TPSA) is 55.5 Å². The van der Waals surface area contributed by atoms with Gasteiger partial charge in [0.15, 0.2) is 12.0 Å². The van der Waals surface area contributed by atoms with Gasteiger partial charge in [-0.3, -0.25) is 0 Å². The van der Waals surface area contributed by atoms with E-state index in [1.807, 2.05) is 18.2 Å². The summed E-state index contributed by atoms with van der Waals surface area (Å²) in [6, 6.07) is 5.71. The highest BCUT2D eigenvalue weighted by molar-refractivity contribution is 5.78.